The Hall–Kier alpha value is -5.68. The molecule has 0 bridgehead atoms. The van der Waals surface area contributed by atoms with Gasteiger partial charge in [0.1, 0.15) is 0 Å². The van der Waals surface area contributed by atoms with Crippen LogP contribution < -0.4 is 0 Å². The van der Waals surface area contributed by atoms with Gasteiger partial charge in [0, 0.05) is 41.9 Å². The highest BCUT2D eigenvalue weighted by Gasteiger charge is 2.46. The Morgan fingerprint density at radius 2 is 0.660 bits per heavy atom. The van der Waals surface area contributed by atoms with Gasteiger partial charge in [-0.15, -0.1) is 0 Å². The number of aromatic nitrogens is 2. The summed E-state index contributed by atoms with van der Waals surface area (Å²) < 4.78 is 6.92. The number of rotatable bonds is 4. The van der Waals surface area contributed by atoms with E-state index in [4.69, 9.17) is 0 Å². The average Bonchev–Trinajstić information content (AvgIpc) is 3.82. The molecule has 2 heterocycles. The number of fused-ring (bicyclic) bond motifs is 9. The molecule has 0 unspecified atom stereocenters. The third kappa shape index (κ3) is 4.37. The molecular weight excluding hydrogens is 776 g/mol. The smallest absolute Gasteiger partial charge is 0.0714 e. The van der Waals surface area contributed by atoms with E-state index in [2.05, 4.69) is 223 Å². The molecule has 1 aliphatic rings. The van der Waals surface area contributed by atoms with E-state index in [1.807, 2.05) is 0 Å². The maximum Gasteiger partial charge on any atom is 0.0714 e. The van der Waals surface area contributed by atoms with Gasteiger partial charge in [0.15, 0.2) is 0 Å². The zero-order valence-electron chi connectivity index (χ0n) is 28.5. The van der Waals surface area contributed by atoms with Gasteiger partial charge in [0.25, 0.3) is 0 Å². The normalized spacial score (nSPS) is 13.2. The molecule has 0 saturated heterocycles. The first-order valence-corrected chi connectivity index (χ1v) is 19.5. The Bertz CT molecular complexity index is 2760. The Kier molecular flexibility index (Phi) is 6.80. The monoisotopic (exact) mass is 804 g/mol. The van der Waals surface area contributed by atoms with Crippen molar-refractivity contribution in [1.29, 1.82) is 0 Å². The second-order valence-corrected chi connectivity index (χ2v) is 15.8. The predicted octanol–water partition coefficient (Wildman–Crippen LogP) is 13.8. The first-order valence-electron chi connectivity index (χ1n) is 17.9. The lowest BCUT2D eigenvalue weighted by molar-refractivity contribution is 0.766. The Morgan fingerprint density at radius 3 is 1.00 bits per heavy atom. The lowest BCUT2D eigenvalue weighted by Gasteiger charge is -2.34. The van der Waals surface area contributed by atoms with Gasteiger partial charge in [-0.1, -0.05) is 141 Å². The first-order chi connectivity index (χ1) is 26.1. The topological polar surface area (TPSA) is 9.86 Å². The van der Waals surface area contributed by atoms with Crippen LogP contribution in [0.2, 0.25) is 0 Å². The van der Waals surface area contributed by atoms with Crippen LogP contribution in [0.25, 0.3) is 66.1 Å². The zero-order chi connectivity index (χ0) is 35.3. The zero-order valence-corrected chi connectivity index (χ0v) is 31.6. The van der Waals surface area contributed by atoms with E-state index in [-0.39, 0.29) is 0 Å². The molecule has 0 radical (unpaired) electrons. The van der Waals surface area contributed by atoms with E-state index >= 15 is 0 Å². The van der Waals surface area contributed by atoms with Crippen molar-refractivity contribution < 1.29 is 0 Å². The second-order valence-electron chi connectivity index (χ2n) is 14.0. The summed E-state index contributed by atoms with van der Waals surface area (Å²) in [6, 6.07) is 67.0. The largest absolute Gasteiger partial charge is 0.309 e. The van der Waals surface area contributed by atoms with Gasteiger partial charge in [-0.25, -0.2) is 0 Å². The molecule has 2 aromatic heterocycles. The molecule has 53 heavy (non-hydrogen) atoms. The summed E-state index contributed by atoms with van der Waals surface area (Å²) >= 11 is 7.74. The third-order valence-electron chi connectivity index (χ3n) is 11.3. The molecule has 0 fully saturated rings. The highest BCUT2D eigenvalue weighted by molar-refractivity contribution is 9.10. The average molecular weight is 807 g/mol. The van der Waals surface area contributed by atoms with Crippen molar-refractivity contribution in [2.24, 2.45) is 0 Å². The fraction of sp³-hybridized carbons (Fsp3) is 0.0204. The number of nitrogens with zero attached hydrogens (tertiary/aromatic N) is 2. The van der Waals surface area contributed by atoms with Crippen molar-refractivity contribution in [3.05, 3.63) is 213 Å². The predicted molar refractivity (Wildman–Crippen MR) is 228 cm³/mol. The summed E-state index contributed by atoms with van der Waals surface area (Å²) in [6.45, 7) is 0. The van der Waals surface area contributed by atoms with Crippen molar-refractivity contribution in [2.75, 3.05) is 0 Å². The minimum atomic E-state index is -0.559. The van der Waals surface area contributed by atoms with Crippen molar-refractivity contribution >= 4 is 75.5 Å². The number of hydrogen-bond acceptors (Lipinski definition) is 0. The lowest BCUT2D eigenvalue weighted by atomic mass is 9.67. The molecule has 11 rings (SSSR count). The fourth-order valence-corrected chi connectivity index (χ4v) is 9.90. The van der Waals surface area contributed by atoms with E-state index in [0.29, 0.717) is 0 Å². The van der Waals surface area contributed by atoms with Gasteiger partial charge in [0.2, 0.25) is 0 Å². The maximum absolute atomic E-state index is 3.87. The SMILES string of the molecule is Brc1ccc2c(c1)C(c1ccc(-n3c4ccccc4c4ccccc43)cc1)(c1ccc(-n3c4ccccc4c4ccccc43)cc1)c1cc(Br)ccc1-2. The molecule has 4 heteroatoms. The molecule has 0 amide bonds. The summed E-state index contributed by atoms with van der Waals surface area (Å²) in [6.07, 6.45) is 0. The maximum atomic E-state index is 3.87. The third-order valence-corrected chi connectivity index (χ3v) is 12.3. The lowest BCUT2D eigenvalue weighted by Crippen LogP contribution is -2.28. The van der Waals surface area contributed by atoms with Crippen LogP contribution in [0, 0.1) is 0 Å². The number of para-hydroxylation sites is 4. The number of benzene rings is 8. The molecule has 250 valence electrons. The van der Waals surface area contributed by atoms with Crippen molar-refractivity contribution in [3.63, 3.8) is 0 Å². The first kappa shape index (κ1) is 30.9. The van der Waals surface area contributed by atoms with Crippen molar-refractivity contribution in [1.82, 2.24) is 9.13 Å². The molecule has 1 aliphatic carbocycles. The molecule has 0 saturated carbocycles. The van der Waals surface area contributed by atoms with E-state index < -0.39 is 5.41 Å². The van der Waals surface area contributed by atoms with E-state index in [0.717, 1.165) is 20.3 Å². The molecule has 0 aliphatic heterocycles. The van der Waals surface area contributed by atoms with E-state index in [9.17, 15) is 0 Å². The van der Waals surface area contributed by atoms with E-state index in [1.54, 1.807) is 0 Å². The van der Waals surface area contributed by atoms with E-state index in [1.165, 1.54) is 77.0 Å². The standard InChI is InChI=1S/C49H30Br2N2/c50-33-21-27-37-38-28-22-34(51)30-44(38)49(43(37)29-33,31-17-23-35(24-18-31)52-45-13-5-1-9-39(45)40-10-2-6-14-46(40)52)32-19-25-36(26-20-32)53-47-15-7-3-11-41(47)42-12-4-8-16-48(42)53/h1-30H. The Balaban J connectivity index is 1.15. The second kappa shape index (κ2) is 11.7. The Labute approximate surface area is 323 Å². The van der Waals surface area contributed by atoms with Gasteiger partial charge in [0.05, 0.1) is 27.5 Å². The molecule has 0 N–H and O–H groups in total. The van der Waals surface area contributed by atoms with Crippen LogP contribution in [-0.4, -0.2) is 9.13 Å². The summed E-state index contributed by atoms with van der Waals surface area (Å²) in [4.78, 5) is 0. The van der Waals surface area contributed by atoms with Crippen molar-refractivity contribution in [3.8, 4) is 22.5 Å². The molecule has 0 atom stereocenters. The summed E-state index contributed by atoms with van der Waals surface area (Å²) in [5, 5.41) is 5.06. The highest BCUT2D eigenvalue weighted by Crippen LogP contribution is 2.57. The molecule has 0 spiro atoms. The van der Waals surface area contributed by atoms with Crippen LogP contribution in [0.1, 0.15) is 22.3 Å². The number of hydrogen-bond donors (Lipinski definition) is 0. The fourth-order valence-electron chi connectivity index (χ4n) is 9.18. The highest BCUT2D eigenvalue weighted by atomic mass is 79.9. The van der Waals surface area contributed by atoms with Gasteiger partial charge in [-0.05, 0) is 106 Å². The van der Waals surface area contributed by atoms with Crippen LogP contribution in [0.4, 0.5) is 0 Å². The van der Waals surface area contributed by atoms with Crippen LogP contribution in [-0.2, 0) is 5.41 Å². The summed E-state index contributed by atoms with van der Waals surface area (Å²) in [5.41, 5.74) is 14.1. The molecule has 10 aromatic rings. The minimum Gasteiger partial charge on any atom is -0.309 e. The summed E-state index contributed by atoms with van der Waals surface area (Å²) in [7, 11) is 0. The van der Waals surface area contributed by atoms with Gasteiger partial charge in [-0.3, -0.25) is 0 Å². The molecular formula is C49H30Br2N2. The quantitative estimate of drug-likeness (QED) is 0.168. The van der Waals surface area contributed by atoms with Crippen LogP contribution >= 0.6 is 31.9 Å². The molecule has 8 aromatic carbocycles. The Morgan fingerprint density at radius 1 is 0.340 bits per heavy atom. The van der Waals surface area contributed by atoms with Gasteiger partial charge in [-0.2, -0.15) is 0 Å². The molecule has 2 nitrogen and oxygen atoms in total. The van der Waals surface area contributed by atoms with Gasteiger partial charge < -0.3 is 9.13 Å². The summed E-state index contributed by atoms with van der Waals surface area (Å²) in [5.74, 6) is 0. The van der Waals surface area contributed by atoms with Crippen LogP contribution in [0.3, 0.4) is 0 Å². The van der Waals surface area contributed by atoms with Gasteiger partial charge >= 0.3 is 0 Å². The number of halogens is 2. The van der Waals surface area contributed by atoms with Crippen molar-refractivity contribution in [2.45, 2.75) is 5.41 Å². The van der Waals surface area contributed by atoms with Crippen LogP contribution in [0.15, 0.2) is 191 Å². The van der Waals surface area contributed by atoms with Crippen LogP contribution in [0.5, 0.6) is 0 Å². The minimum absolute atomic E-state index is 0.559.